The first-order valence-electron chi connectivity index (χ1n) is 10.2. The van der Waals surface area contributed by atoms with Crippen LogP contribution in [0, 0.1) is 0 Å². The Morgan fingerprint density at radius 1 is 0.969 bits per heavy atom. The number of carbonyl (C=O) groups is 1. The van der Waals surface area contributed by atoms with E-state index in [2.05, 4.69) is 28.1 Å². The fourth-order valence-corrected chi connectivity index (χ4v) is 4.24. The van der Waals surface area contributed by atoms with Crippen LogP contribution in [0.2, 0.25) is 0 Å². The Bertz CT molecular complexity index is 1290. The van der Waals surface area contributed by atoms with Gasteiger partial charge in [-0.2, -0.15) is 0 Å². The first-order valence-corrected chi connectivity index (χ1v) is 10.2. The van der Waals surface area contributed by atoms with Gasteiger partial charge in [0.25, 0.3) is 0 Å². The van der Waals surface area contributed by atoms with Crippen molar-refractivity contribution in [2.75, 3.05) is 6.54 Å². The topological polar surface area (TPSA) is 66.3 Å². The van der Waals surface area contributed by atoms with E-state index in [-0.39, 0.29) is 12.4 Å². The van der Waals surface area contributed by atoms with Crippen molar-refractivity contribution in [3.8, 4) is 0 Å². The summed E-state index contributed by atoms with van der Waals surface area (Å²) in [5.74, 6) is -0.917. The number of aromatic carboxylic acids is 1. The summed E-state index contributed by atoms with van der Waals surface area (Å²) in [6.45, 7) is 1.96. The molecule has 1 aliphatic heterocycles. The third-order valence-electron chi connectivity index (χ3n) is 5.58. The number of rotatable bonds is 4. The number of hydrogen-bond donors (Lipinski definition) is 1. The molecule has 0 unspecified atom stereocenters. The van der Waals surface area contributed by atoms with Crippen LogP contribution in [0.3, 0.4) is 0 Å². The van der Waals surface area contributed by atoms with Crippen molar-refractivity contribution in [1.29, 1.82) is 0 Å². The molecule has 160 valence electrons. The highest BCUT2D eigenvalue weighted by molar-refractivity contribution is 6.06. The number of pyridine rings is 2. The number of nitrogens with zero attached hydrogens (tertiary/aromatic N) is 3. The molecule has 4 aromatic rings. The third kappa shape index (κ3) is 4.26. The van der Waals surface area contributed by atoms with Crippen molar-refractivity contribution in [2.45, 2.75) is 13.1 Å². The number of para-hydroxylation sites is 1. The molecule has 1 N–H and O–H groups in total. The molecule has 2 aromatic heterocycles. The van der Waals surface area contributed by atoms with E-state index in [0.29, 0.717) is 29.6 Å². The smallest absolute Gasteiger partial charge is 0.336 e. The van der Waals surface area contributed by atoms with Crippen LogP contribution in [0.1, 0.15) is 32.7 Å². The lowest BCUT2D eigenvalue weighted by Crippen LogP contribution is -2.31. The van der Waals surface area contributed by atoms with Crippen LogP contribution in [0.25, 0.3) is 22.6 Å². The maximum absolute atomic E-state index is 12.3. The van der Waals surface area contributed by atoms with Gasteiger partial charge >= 0.3 is 5.97 Å². The van der Waals surface area contributed by atoms with Gasteiger partial charge in [0.15, 0.2) is 0 Å². The van der Waals surface area contributed by atoms with Gasteiger partial charge in [-0.25, -0.2) is 9.78 Å². The van der Waals surface area contributed by atoms with Crippen LogP contribution in [0.15, 0.2) is 79.1 Å². The summed E-state index contributed by atoms with van der Waals surface area (Å²) in [4.78, 5) is 23.6. The van der Waals surface area contributed by atoms with E-state index in [1.165, 1.54) is 5.56 Å². The van der Waals surface area contributed by atoms with E-state index in [9.17, 15) is 9.90 Å². The fraction of sp³-hybridized carbons (Fsp3) is 0.115. The summed E-state index contributed by atoms with van der Waals surface area (Å²) in [7, 11) is 0. The van der Waals surface area contributed by atoms with Gasteiger partial charge in [0.2, 0.25) is 0 Å². The zero-order chi connectivity index (χ0) is 21.2. The van der Waals surface area contributed by atoms with E-state index in [0.717, 1.165) is 28.9 Å². The van der Waals surface area contributed by atoms with Crippen LogP contribution in [-0.4, -0.2) is 32.5 Å². The van der Waals surface area contributed by atoms with Crippen molar-refractivity contribution in [3.63, 3.8) is 0 Å². The van der Waals surface area contributed by atoms with E-state index in [1.54, 1.807) is 12.4 Å². The molecule has 0 amide bonds. The molecule has 2 aromatic carbocycles. The molecule has 3 heterocycles. The quantitative estimate of drug-likeness (QED) is 0.463. The van der Waals surface area contributed by atoms with Crippen molar-refractivity contribution < 1.29 is 9.90 Å². The minimum atomic E-state index is -0.917. The molecule has 0 radical (unpaired) electrons. The monoisotopic (exact) mass is 443 g/mol. The van der Waals surface area contributed by atoms with Crippen molar-refractivity contribution in [3.05, 3.63) is 107 Å². The standard InChI is InChI=1S/C26H21N3O2.ClH/c30-26(31)24-21-8-4-5-9-23(21)28-25-20(14-18-10-12-27-13-11-18)16-29(17-22(24)25)15-19-6-2-1-3-7-19;/h1-14H,15-17H2,(H,30,31);1H/b20-14+;. The van der Waals surface area contributed by atoms with Crippen LogP contribution in [0.5, 0.6) is 0 Å². The highest BCUT2D eigenvalue weighted by Crippen LogP contribution is 2.34. The lowest BCUT2D eigenvalue weighted by Gasteiger charge is -2.31. The molecule has 5 nitrogen and oxygen atoms in total. The number of aromatic nitrogens is 2. The summed E-state index contributed by atoms with van der Waals surface area (Å²) >= 11 is 0. The van der Waals surface area contributed by atoms with Crippen molar-refractivity contribution in [2.24, 2.45) is 0 Å². The molecule has 0 saturated carbocycles. The van der Waals surface area contributed by atoms with Gasteiger partial charge < -0.3 is 5.11 Å². The Morgan fingerprint density at radius 3 is 2.44 bits per heavy atom. The Kier molecular flexibility index (Phi) is 6.30. The molecule has 0 saturated heterocycles. The van der Waals surface area contributed by atoms with Gasteiger partial charge in [0.05, 0.1) is 16.8 Å². The van der Waals surface area contributed by atoms with Crippen LogP contribution in [-0.2, 0) is 13.1 Å². The normalized spacial score (nSPS) is 14.7. The highest BCUT2D eigenvalue weighted by atomic mass is 35.5. The van der Waals surface area contributed by atoms with Crippen LogP contribution in [0.4, 0.5) is 0 Å². The first kappa shape index (κ1) is 21.7. The van der Waals surface area contributed by atoms with Gasteiger partial charge in [-0.05, 0) is 41.0 Å². The number of benzene rings is 2. The Hall–Kier alpha value is -3.54. The maximum Gasteiger partial charge on any atom is 0.336 e. The van der Waals surface area contributed by atoms with E-state index in [1.807, 2.05) is 54.6 Å². The molecule has 0 atom stereocenters. The summed E-state index contributed by atoms with van der Waals surface area (Å²) in [6, 6.07) is 21.6. The van der Waals surface area contributed by atoms with Crippen molar-refractivity contribution in [1.82, 2.24) is 14.9 Å². The van der Waals surface area contributed by atoms with Gasteiger partial charge in [-0.15, -0.1) is 12.4 Å². The Labute approximate surface area is 192 Å². The SMILES string of the molecule is Cl.O=C(O)c1c2c(nc3ccccc13)/C(=C/c1ccncc1)CN(Cc1ccccc1)C2. The zero-order valence-corrected chi connectivity index (χ0v) is 18.1. The average molecular weight is 444 g/mol. The minimum absolute atomic E-state index is 0. The minimum Gasteiger partial charge on any atom is -0.478 e. The van der Waals surface area contributed by atoms with Gasteiger partial charge in [0, 0.05) is 43.0 Å². The number of fused-ring (bicyclic) bond motifs is 2. The Morgan fingerprint density at radius 2 is 1.69 bits per heavy atom. The molecule has 0 bridgehead atoms. The molecule has 5 rings (SSSR count). The second-order valence-corrected chi connectivity index (χ2v) is 7.72. The average Bonchev–Trinajstić information content (AvgIpc) is 2.79. The lowest BCUT2D eigenvalue weighted by atomic mass is 9.92. The number of carboxylic acids is 1. The van der Waals surface area contributed by atoms with E-state index >= 15 is 0 Å². The summed E-state index contributed by atoms with van der Waals surface area (Å²) in [6.07, 6.45) is 5.60. The van der Waals surface area contributed by atoms with Gasteiger partial charge in [0.1, 0.15) is 0 Å². The fourth-order valence-electron chi connectivity index (χ4n) is 4.24. The number of halogens is 1. The summed E-state index contributed by atoms with van der Waals surface area (Å²) in [5, 5.41) is 10.8. The zero-order valence-electron chi connectivity index (χ0n) is 17.3. The molecular weight excluding hydrogens is 422 g/mol. The largest absolute Gasteiger partial charge is 0.478 e. The lowest BCUT2D eigenvalue weighted by molar-refractivity contribution is 0.0696. The number of carboxylic acid groups (broad SMARTS) is 1. The molecular formula is C26H22ClN3O2. The number of hydrogen-bond acceptors (Lipinski definition) is 4. The van der Waals surface area contributed by atoms with Crippen LogP contribution >= 0.6 is 12.4 Å². The summed E-state index contributed by atoms with van der Waals surface area (Å²) in [5.41, 5.74) is 5.82. The summed E-state index contributed by atoms with van der Waals surface area (Å²) < 4.78 is 0. The van der Waals surface area contributed by atoms with E-state index < -0.39 is 5.97 Å². The van der Waals surface area contributed by atoms with Gasteiger partial charge in [-0.1, -0.05) is 48.5 Å². The van der Waals surface area contributed by atoms with Gasteiger partial charge in [-0.3, -0.25) is 9.88 Å². The van der Waals surface area contributed by atoms with Crippen molar-refractivity contribution >= 4 is 40.9 Å². The van der Waals surface area contributed by atoms with Crippen LogP contribution < -0.4 is 0 Å². The molecule has 0 aliphatic carbocycles. The predicted molar refractivity (Wildman–Crippen MR) is 129 cm³/mol. The van der Waals surface area contributed by atoms with E-state index in [4.69, 9.17) is 4.98 Å². The highest BCUT2D eigenvalue weighted by Gasteiger charge is 2.28. The predicted octanol–water partition coefficient (Wildman–Crippen LogP) is 5.31. The maximum atomic E-state index is 12.3. The molecule has 1 aliphatic rings. The molecule has 0 spiro atoms. The molecule has 6 heteroatoms. The molecule has 32 heavy (non-hydrogen) atoms. The molecule has 0 fully saturated rings. The third-order valence-corrected chi connectivity index (χ3v) is 5.58. The first-order chi connectivity index (χ1) is 15.2. The second kappa shape index (κ2) is 9.30. The Balaban J connectivity index is 0.00000245. The second-order valence-electron chi connectivity index (χ2n) is 7.72.